The number of carbonyl (C=O) groups is 1. The molecule has 0 fully saturated rings. The Morgan fingerprint density at radius 2 is 1.72 bits per heavy atom. The van der Waals surface area contributed by atoms with Crippen molar-refractivity contribution >= 4 is 17.7 Å². The number of nitrogens with zero attached hydrogens (tertiary/aromatic N) is 1. The summed E-state index contributed by atoms with van der Waals surface area (Å²) in [5.74, 6) is -0.314. The quantitative estimate of drug-likeness (QED) is 0.645. The van der Waals surface area contributed by atoms with Crippen LogP contribution in [0, 0.1) is 18.3 Å². The van der Waals surface area contributed by atoms with E-state index in [2.05, 4.69) is 5.32 Å². The molecular formula is C19H18N2O4. The number of amides is 1. The van der Waals surface area contributed by atoms with Gasteiger partial charge in [0, 0.05) is 5.69 Å². The van der Waals surface area contributed by atoms with Gasteiger partial charge in [-0.05, 0) is 42.8 Å². The van der Waals surface area contributed by atoms with Crippen LogP contribution in [0.2, 0.25) is 0 Å². The number of phenols is 1. The second-order valence-electron chi connectivity index (χ2n) is 5.26. The van der Waals surface area contributed by atoms with E-state index in [0.717, 1.165) is 5.56 Å². The highest BCUT2D eigenvalue weighted by molar-refractivity contribution is 6.09. The Bertz CT molecular complexity index is 824. The normalized spacial score (nSPS) is 10.7. The van der Waals surface area contributed by atoms with Gasteiger partial charge in [0.25, 0.3) is 5.91 Å². The lowest BCUT2D eigenvalue weighted by Crippen LogP contribution is -2.13. The largest absolute Gasteiger partial charge is 0.502 e. The lowest BCUT2D eigenvalue weighted by Gasteiger charge is -2.10. The number of phenolic OH excluding ortho intramolecular Hbond substituents is 1. The first-order valence-corrected chi connectivity index (χ1v) is 7.43. The van der Waals surface area contributed by atoms with Gasteiger partial charge in [0.2, 0.25) is 5.75 Å². The first kappa shape index (κ1) is 17.9. The molecule has 1 amide bonds. The van der Waals surface area contributed by atoms with Crippen LogP contribution in [0.25, 0.3) is 6.08 Å². The zero-order valence-corrected chi connectivity index (χ0v) is 14.2. The van der Waals surface area contributed by atoms with E-state index in [1.807, 2.05) is 25.1 Å². The average molecular weight is 338 g/mol. The van der Waals surface area contributed by atoms with E-state index in [9.17, 15) is 15.2 Å². The lowest BCUT2D eigenvalue weighted by molar-refractivity contribution is -0.112. The number of aryl methyl sites for hydroxylation is 1. The van der Waals surface area contributed by atoms with Crippen LogP contribution < -0.4 is 14.8 Å². The Balaban J connectivity index is 2.32. The molecular weight excluding hydrogens is 320 g/mol. The number of nitrogens with one attached hydrogen (secondary N) is 1. The molecule has 0 radical (unpaired) electrons. The molecule has 0 aliphatic carbocycles. The van der Waals surface area contributed by atoms with E-state index >= 15 is 0 Å². The predicted molar refractivity (Wildman–Crippen MR) is 94.6 cm³/mol. The summed E-state index contributed by atoms with van der Waals surface area (Å²) in [7, 11) is 2.80. The van der Waals surface area contributed by atoms with Crippen molar-refractivity contribution in [2.75, 3.05) is 19.5 Å². The van der Waals surface area contributed by atoms with Crippen molar-refractivity contribution in [3.05, 3.63) is 53.1 Å². The summed E-state index contributed by atoms with van der Waals surface area (Å²) < 4.78 is 10.1. The topological polar surface area (TPSA) is 91.6 Å². The highest BCUT2D eigenvalue weighted by Crippen LogP contribution is 2.37. The highest BCUT2D eigenvalue weighted by atomic mass is 16.5. The van der Waals surface area contributed by atoms with Gasteiger partial charge in [-0.2, -0.15) is 5.26 Å². The first-order valence-electron chi connectivity index (χ1n) is 7.43. The molecule has 2 aromatic rings. The molecule has 0 aliphatic heterocycles. The number of anilines is 1. The van der Waals surface area contributed by atoms with Crippen LogP contribution in [0.3, 0.4) is 0 Å². The Labute approximate surface area is 145 Å². The van der Waals surface area contributed by atoms with Crippen molar-refractivity contribution in [3.8, 4) is 23.3 Å². The number of ether oxygens (including phenoxy) is 2. The molecule has 6 nitrogen and oxygen atoms in total. The van der Waals surface area contributed by atoms with E-state index in [1.54, 1.807) is 12.1 Å². The van der Waals surface area contributed by atoms with Crippen LogP contribution in [-0.2, 0) is 4.79 Å². The van der Waals surface area contributed by atoms with Crippen molar-refractivity contribution in [3.63, 3.8) is 0 Å². The molecule has 0 aliphatic rings. The van der Waals surface area contributed by atoms with Gasteiger partial charge in [-0.15, -0.1) is 0 Å². The molecule has 0 saturated heterocycles. The van der Waals surface area contributed by atoms with Crippen LogP contribution in [0.1, 0.15) is 11.1 Å². The fraction of sp³-hybridized carbons (Fsp3) is 0.158. The molecule has 2 rings (SSSR count). The number of rotatable bonds is 5. The highest BCUT2D eigenvalue weighted by Gasteiger charge is 2.13. The van der Waals surface area contributed by atoms with Crippen LogP contribution in [0.5, 0.6) is 17.2 Å². The van der Waals surface area contributed by atoms with Crippen molar-refractivity contribution < 1.29 is 19.4 Å². The van der Waals surface area contributed by atoms with Gasteiger partial charge < -0.3 is 19.9 Å². The van der Waals surface area contributed by atoms with E-state index in [0.29, 0.717) is 11.3 Å². The van der Waals surface area contributed by atoms with Gasteiger partial charge in [-0.1, -0.05) is 17.7 Å². The van der Waals surface area contributed by atoms with Crippen LogP contribution in [-0.4, -0.2) is 25.2 Å². The Kier molecular flexibility index (Phi) is 5.64. The number of methoxy groups -OCH3 is 2. The number of carbonyl (C=O) groups excluding carboxylic acids is 1. The molecule has 0 spiro atoms. The summed E-state index contributed by atoms with van der Waals surface area (Å²) in [6.07, 6.45) is 1.40. The minimum absolute atomic E-state index is 0.0876. The number of benzene rings is 2. The average Bonchev–Trinajstić information content (AvgIpc) is 2.62. The monoisotopic (exact) mass is 338 g/mol. The van der Waals surface area contributed by atoms with Gasteiger partial charge in [-0.25, -0.2) is 0 Å². The van der Waals surface area contributed by atoms with E-state index in [1.165, 1.54) is 32.4 Å². The maximum Gasteiger partial charge on any atom is 0.266 e. The van der Waals surface area contributed by atoms with E-state index in [4.69, 9.17) is 9.47 Å². The summed E-state index contributed by atoms with van der Waals surface area (Å²) in [5, 5.41) is 21.9. The minimum Gasteiger partial charge on any atom is -0.502 e. The smallest absolute Gasteiger partial charge is 0.266 e. The molecule has 128 valence electrons. The second-order valence-corrected chi connectivity index (χ2v) is 5.26. The summed E-state index contributed by atoms with van der Waals surface area (Å²) >= 11 is 0. The molecule has 0 aromatic heterocycles. The molecule has 0 atom stereocenters. The fourth-order valence-electron chi connectivity index (χ4n) is 2.15. The SMILES string of the molecule is COc1cc(/C=C(\C#N)C(=O)Nc2ccc(C)cc2)cc(OC)c1O. The summed E-state index contributed by atoms with van der Waals surface area (Å²) in [6, 6.07) is 12.1. The Hall–Kier alpha value is -3.46. The van der Waals surface area contributed by atoms with Crippen LogP contribution >= 0.6 is 0 Å². The van der Waals surface area contributed by atoms with Gasteiger partial charge >= 0.3 is 0 Å². The first-order chi connectivity index (χ1) is 12.0. The van der Waals surface area contributed by atoms with Gasteiger partial charge in [0.15, 0.2) is 11.5 Å². The van der Waals surface area contributed by atoms with Crippen LogP contribution in [0.15, 0.2) is 42.0 Å². The molecule has 2 N–H and O–H groups in total. The predicted octanol–water partition coefficient (Wildman–Crippen LogP) is 3.26. The van der Waals surface area contributed by atoms with E-state index in [-0.39, 0.29) is 22.8 Å². The third kappa shape index (κ3) is 4.30. The van der Waals surface area contributed by atoms with Crippen molar-refractivity contribution in [2.24, 2.45) is 0 Å². The standard InChI is InChI=1S/C19H18N2O4/c1-12-4-6-15(7-5-12)21-19(23)14(11-20)8-13-9-16(24-2)18(22)17(10-13)25-3/h4-10,22H,1-3H3,(H,21,23)/b14-8+. The molecule has 0 bridgehead atoms. The molecule has 2 aromatic carbocycles. The lowest BCUT2D eigenvalue weighted by atomic mass is 10.1. The maximum atomic E-state index is 12.3. The van der Waals surface area contributed by atoms with Crippen molar-refractivity contribution in [2.45, 2.75) is 6.92 Å². The molecule has 25 heavy (non-hydrogen) atoms. The maximum absolute atomic E-state index is 12.3. The summed E-state index contributed by atoms with van der Waals surface area (Å²) in [6.45, 7) is 1.94. The van der Waals surface area contributed by atoms with Crippen molar-refractivity contribution in [1.29, 1.82) is 5.26 Å². The Morgan fingerprint density at radius 1 is 1.16 bits per heavy atom. The van der Waals surface area contributed by atoms with Gasteiger partial charge in [0.05, 0.1) is 14.2 Å². The zero-order valence-electron chi connectivity index (χ0n) is 14.2. The van der Waals surface area contributed by atoms with E-state index < -0.39 is 5.91 Å². The minimum atomic E-state index is -0.530. The molecule has 0 unspecified atom stereocenters. The second kappa shape index (κ2) is 7.88. The molecule has 6 heteroatoms. The number of hydrogen-bond acceptors (Lipinski definition) is 5. The molecule has 0 saturated carbocycles. The van der Waals surface area contributed by atoms with Crippen molar-refractivity contribution in [1.82, 2.24) is 0 Å². The Morgan fingerprint density at radius 3 is 2.20 bits per heavy atom. The zero-order chi connectivity index (χ0) is 18.4. The molecule has 0 heterocycles. The third-order valence-corrected chi connectivity index (χ3v) is 3.49. The number of nitriles is 1. The van der Waals surface area contributed by atoms with Gasteiger partial charge in [0.1, 0.15) is 11.6 Å². The third-order valence-electron chi connectivity index (χ3n) is 3.49. The number of aromatic hydroxyl groups is 1. The fourth-order valence-corrected chi connectivity index (χ4v) is 2.15. The van der Waals surface area contributed by atoms with Gasteiger partial charge in [-0.3, -0.25) is 4.79 Å². The van der Waals surface area contributed by atoms with Crippen LogP contribution in [0.4, 0.5) is 5.69 Å². The number of hydrogen-bond donors (Lipinski definition) is 2. The summed E-state index contributed by atoms with van der Waals surface area (Å²) in [4.78, 5) is 12.3. The summed E-state index contributed by atoms with van der Waals surface area (Å²) in [5.41, 5.74) is 2.06.